The zero-order chi connectivity index (χ0) is 26.3. The molecule has 0 fully saturated rings. The fourth-order valence-electron chi connectivity index (χ4n) is 3.07. The third kappa shape index (κ3) is 5.98. The number of amides is 1. The first kappa shape index (κ1) is 25.8. The van der Waals surface area contributed by atoms with Gasteiger partial charge >= 0.3 is 5.69 Å². The number of non-ortho nitro benzene ring substituents is 1. The number of nitrogens with one attached hydrogen (secondary N) is 1. The summed E-state index contributed by atoms with van der Waals surface area (Å²) in [6.07, 6.45) is 1.13. The van der Waals surface area contributed by atoms with E-state index in [1.165, 1.54) is 67.8 Å². The van der Waals surface area contributed by atoms with Crippen LogP contribution >= 0.6 is 0 Å². The average molecular weight is 513 g/mol. The number of methoxy groups -OCH3 is 1. The number of hydrogen-bond donors (Lipinski definition) is 1. The number of nitro benzene ring substituents is 2. The zero-order valence-electron chi connectivity index (χ0n) is 18.7. The molecule has 186 valence electrons. The molecule has 0 saturated carbocycles. The van der Waals surface area contributed by atoms with Crippen molar-refractivity contribution < 1.29 is 27.8 Å². The van der Waals surface area contributed by atoms with E-state index in [-0.39, 0.29) is 33.3 Å². The molecule has 0 radical (unpaired) electrons. The highest BCUT2D eigenvalue weighted by molar-refractivity contribution is 7.92. The second kappa shape index (κ2) is 11.1. The number of nitrogens with zero attached hydrogens (tertiary/aromatic N) is 4. The summed E-state index contributed by atoms with van der Waals surface area (Å²) in [5.74, 6) is -0.819. The van der Waals surface area contributed by atoms with Crippen LogP contribution in [0.3, 0.4) is 0 Å². The molecule has 3 rings (SSSR count). The van der Waals surface area contributed by atoms with Gasteiger partial charge in [0.05, 0.1) is 33.8 Å². The quantitative estimate of drug-likeness (QED) is 0.244. The fourth-order valence-corrected chi connectivity index (χ4v) is 4.50. The van der Waals surface area contributed by atoms with Gasteiger partial charge in [0.1, 0.15) is 6.54 Å². The van der Waals surface area contributed by atoms with E-state index < -0.39 is 32.3 Å². The molecule has 3 aromatic carbocycles. The number of sulfonamides is 1. The molecule has 1 N–H and O–H groups in total. The number of carbonyl (C=O) groups is 1. The molecular formula is C22H19N5O8S. The number of benzene rings is 3. The molecule has 0 aliphatic heterocycles. The van der Waals surface area contributed by atoms with Crippen LogP contribution in [0.25, 0.3) is 0 Å². The molecule has 14 heteroatoms. The first-order valence-corrected chi connectivity index (χ1v) is 11.5. The number of hydrogen-bond acceptors (Lipinski definition) is 9. The molecule has 1 amide bonds. The molecule has 36 heavy (non-hydrogen) atoms. The maximum absolute atomic E-state index is 13.3. The predicted octanol–water partition coefficient (Wildman–Crippen LogP) is 2.86. The van der Waals surface area contributed by atoms with Crippen molar-refractivity contribution in [3.63, 3.8) is 0 Å². The number of anilines is 1. The van der Waals surface area contributed by atoms with Crippen LogP contribution in [0.5, 0.6) is 5.75 Å². The lowest BCUT2D eigenvalue weighted by atomic mass is 10.2. The van der Waals surface area contributed by atoms with Crippen molar-refractivity contribution in [2.24, 2.45) is 5.10 Å². The van der Waals surface area contributed by atoms with Crippen molar-refractivity contribution in [3.05, 3.63) is 98.6 Å². The Balaban J connectivity index is 1.86. The smallest absolute Gasteiger partial charge is 0.311 e. The van der Waals surface area contributed by atoms with E-state index in [1.807, 2.05) is 0 Å². The minimum Gasteiger partial charge on any atom is -0.490 e. The monoisotopic (exact) mass is 513 g/mol. The van der Waals surface area contributed by atoms with E-state index in [4.69, 9.17) is 4.74 Å². The Bertz CT molecular complexity index is 1430. The van der Waals surface area contributed by atoms with Crippen LogP contribution < -0.4 is 14.5 Å². The molecule has 3 aromatic rings. The Labute approximate surface area is 205 Å². The minimum absolute atomic E-state index is 0.0416. The van der Waals surface area contributed by atoms with Crippen molar-refractivity contribution in [1.29, 1.82) is 0 Å². The van der Waals surface area contributed by atoms with Gasteiger partial charge in [0, 0.05) is 23.8 Å². The van der Waals surface area contributed by atoms with Gasteiger partial charge in [-0.05, 0) is 30.3 Å². The summed E-state index contributed by atoms with van der Waals surface area (Å²) in [5, 5.41) is 26.1. The highest BCUT2D eigenvalue weighted by Gasteiger charge is 2.28. The largest absolute Gasteiger partial charge is 0.490 e. The summed E-state index contributed by atoms with van der Waals surface area (Å²) in [5.41, 5.74) is 1.67. The lowest BCUT2D eigenvalue weighted by molar-refractivity contribution is -0.385. The fraction of sp³-hybridized carbons (Fsp3) is 0.0909. The van der Waals surface area contributed by atoms with Gasteiger partial charge in [-0.1, -0.05) is 24.3 Å². The van der Waals surface area contributed by atoms with Crippen LogP contribution in [0.15, 0.2) is 82.8 Å². The van der Waals surface area contributed by atoms with Gasteiger partial charge in [-0.25, -0.2) is 13.8 Å². The van der Waals surface area contributed by atoms with Crippen LogP contribution in [0, 0.1) is 20.2 Å². The van der Waals surface area contributed by atoms with Gasteiger partial charge in [-0.3, -0.25) is 29.3 Å². The molecule has 0 aliphatic rings. The lowest BCUT2D eigenvalue weighted by Gasteiger charge is -2.23. The van der Waals surface area contributed by atoms with Crippen LogP contribution in [-0.2, 0) is 14.8 Å². The van der Waals surface area contributed by atoms with E-state index in [1.54, 1.807) is 6.07 Å². The molecular weight excluding hydrogens is 494 g/mol. The van der Waals surface area contributed by atoms with E-state index in [2.05, 4.69) is 10.5 Å². The Morgan fingerprint density at radius 2 is 1.75 bits per heavy atom. The number of hydrazone groups is 1. The molecule has 0 saturated heterocycles. The van der Waals surface area contributed by atoms with Crippen molar-refractivity contribution in [3.8, 4) is 5.75 Å². The molecule has 0 atom stereocenters. The maximum Gasteiger partial charge on any atom is 0.311 e. The van der Waals surface area contributed by atoms with Gasteiger partial charge in [0.2, 0.25) is 0 Å². The predicted molar refractivity (Wildman–Crippen MR) is 129 cm³/mol. The van der Waals surface area contributed by atoms with E-state index in [0.717, 1.165) is 16.6 Å². The van der Waals surface area contributed by atoms with Gasteiger partial charge < -0.3 is 4.74 Å². The summed E-state index contributed by atoms with van der Waals surface area (Å²) < 4.78 is 32.2. The Hall–Kier alpha value is -4.85. The molecule has 0 spiro atoms. The Morgan fingerprint density at radius 3 is 2.39 bits per heavy atom. The summed E-state index contributed by atoms with van der Waals surface area (Å²) in [4.78, 5) is 33.5. The molecule has 0 aliphatic carbocycles. The highest BCUT2D eigenvalue weighted by Crippen LogP contribution is 2.28. The van der Waals surface area contributed by atoms with Crippen molar-refractivity contribution >= 4 is 39.2 Å². The van der Waals surface area contributed by atoms with E-state index in [9.17, 15) is 33.4 Å². The Morgan fingerprint density at radius 1 is 1.03 bits per heavy atom. The van der Waals surface area contributed by atoms with Crippen molar-refractivity contribution in [1.82, 2.24) is 5.43 Å². The first-order valence-electron chi connectivity index (χ1n) is 10.1. The number of carbonyl (C=O) groups excluding carboxylic acids is 1. The second-order valence-electron chi connectivity index (χ2n) is 7.08. The van der Waals surface area contributed by atoms with Gasteiger partial charge in [0.25, 0.3) is 21.6 Å². The molecule has 0 bridgehead atoms. The third-order valence-electron chi connectivity index (χ3n) is 4.75. The lowest BCUT2D eigenvalue weighted by Crippen LogP contribution is -2.39. The van der Waals surface area contributed by atoms with Crippen LogP contribution in [0.2, 0.25) is 0 Å². The third-order valence-corrected chi connectivity index (χ3v) is 6.54. The normalized spacial score (nSPS) is 11.1. The van der Waals surface area contributed by atoms with Crippen LogP contribution in [-0.4, -0.2) is 44.0 Å². The number of nitro groups is 2. The van der Waals surface area contributed by atoms with Crippen molar-refractivity contribution in [2.45, 2.75) is 4.90 Å². The molecule has 0 heterocycles. The SMILES string of the molecule is COc1ccc(/C=N\NC(=O)CN(c2cccc([N+](=O)[O-])c2)S(=O)(=O)c2ccccc2)cc1[N+](=O)[O-]. The topological polar surface area (TPSA) is 174 Å². The summed E-state index contributed by atoms with van der Waals surface area (Å²) in [6.45, 7) is -0.751. The summed E-state index contributed by atoms with van der Waals surface area (Å²) in [6, 6.07) is 16.1. The highest BCUT2D eigenvalue weighted by atomic mass is 32.2. The average Bonchev–Trinajstić information content (AvgIpc) is 2.87. The zero-order valence-corrected chi connectivity index (χ0v) is 19.5. The number of rotatable bonds is 10. The molecule has 13 nitrogen and oxygen atoms in total. The molecule has 0 aromatic heterocycles. The summed E-state index contributed by atoms with van der Waals surface area (Å²) in [7, 11) is -3.00. The Kier molecular flexibility index (Phi) is 7.91. The number of ether oxygens (including phenoxy) is 1. The first-order chi connectivity index (χ1) is 17.1. The summed E-state index contributed by atoms with van der Waals surface area (Å²) >= 11 is 0. The van der Waals surface area contributed by atoms with E-state index in [0.29, 0.717) is 0 Å². The minimum atomic E-state index is -4.28. The maximum atomic E-state index is 13.3. The van der Waals surface area contributed by atoms with Gasteiger partial charge in [-0.15, -0.1) is 0 Å². The standard InChI is InChI=1S/C22H19N5O8S/c1-35-21-11-10-16(12-20(21)27(31)32)14-23-24-22(28)15-25(17-6-5-7-18(13-17)26(29)30)36(33,34)19-8-3-2-4-9-19/h2-14H,15H2,1H3,(H,24,28)/b23-14-. The van der Waals surface area contributed by atoms with Gasteiger partial charge in [-0.2, -0.15) is 5.10 Å². The van der Waals surface area contributed by atoms with E-state index >= 15 is 0 Å². The van der Waals surface area contributed by atoms with Crippen molar-refractivity contribution in [2.75, 3.05) is 18.0 Å². The second-order valence-corrected chi connectivity index (χ2v) is 8.95. The van der Waals surface area contributed by atoms with Crippen LogP contribution in [0.4, 0.5) is 17.1 Å². The van der Waals surface area contributed by atoms with Crippen LogP contribution in [0.1, 0.15) is 5.56 Å². The molecule has 0 unspecified atom stereocenters. The van der Waals surface area contributed by atoms with Gasteiger partial charge in [0.15, 0.2) is 5.75 Å².